The van der Waals surface area contributed by atoms with E-state index in [1.807, 2.05) is 16.8 Å². The van der Waals surface area contributed by atoms with Crippen molar-refractivity contribution in [2.75, 3.05) is 0 Å². The first kappa shape index (κ1) is 16.9. The zero-order chi connectivity index (χ0) is 18.0. The number of carbonyl (C=O) groups excluding carboxylic acids is 1. The third-order valence-electron chi connectivity index (χ3n) is 4.81. The van der Waals surface area contributed by atoms with Crippen LogP contribution in [0, 0.1) is 5.82 Å². The van der Waals surface area contributed by atoms with Crippen molar-refractivity contribution in [1.82, 2.24) is 10.1 Å². The van der Waals surface area contributed by atoms with Crippen LogP contribution in [0.2, 0.25) is 0 Å². The monoisotopic (exact) mass is 372 g/mol. The molecule has 1 saturated carbocycles. The smallest absolute Gasteiger partial charge is 0.317 e. The standard InChI is InChI=1S/C19H17FN2O3S/c20-15-6-2-1-5-14(15)19(8-3-4-9-19)18(23)24-11-16-21-17(25-22-16)13-7-10-26-12-13/h1-2,5-7,10,12H,3-4,8-9,11H2. The minimum Gasteiger partial charge on any atom is -0.457 e. The fourth-order valence-corrected chi connectivity index (χ4v) is 4.13. The van der Waals surface area contributed by atoms with Crippen LogP contribution in [-0.2, 0) is 21.6 Å². The highest BCUT2D eigenvalue weighted by atomic mass is 32.1. The molecule has 1 fully saturated rings. The number of nitrogens with zero attached hydrogens (tertiary/aromatic N) is 2. The summed E-state index contributed by atoms with van der Waals surface area (Å²) in [5, 5.41) is 7.66. The molecule has 0 aliphatic heterocycles. The number of hydrogen-bond acceptors (Lipinski definition) is 6. The van der Waals surface area contributed by atoms with Gasteiger partial charge in [0.15, 0.2) is 6.61 Å². The third-order valence-corrected chi connectivity index (χ3v) is 5.49. The Morgan fingerprint density at radius 2 is 2.08 bits per heavy atom. The number of aromatic nitrogens is 2. The van der Waals surface area contributed by atoms with Gasteiger partial charge in [0.25, 0.3) is 5.89 Å². The van der Waals surface area contributed by atoms with E-state index in [4.69, 9.17) is 9.26 Å². The van der Waals surface area contributed by atoms with Gasteiger partial charge >= 0.3 is 5.97 Å². The minimum absolute atomic E-state index is 0.0946. The quantitative estimate of drug-likeness (QED) is 0.617. The molecule has 26 heavy (non-hydrogen) atoms. The van der Waals surface area contributed by atoms with E-state index in [9.17, 15) is 9.18 Å². The molecule has 1 aromatic carbocycles. The summed E-state index contributed by atoms with van der Waals surface area (Å²) in [5.74, 6) is -0.115. The van der Waals surface area contributed by atoms with Crippen LogP contribution in [-0.4, -0.2) is 16.1 Å². The summed E-state index contributed by atoms with van der Waals surface area (Å²) in [4.78, 5) is 17.1. The SMILES string of the molecule is O=C(OCc1noc(-c2ccsc2)n1)C1(c2ccccc2F)CCCC1. The first-order valence-electron chi connectivity index (χ1n) is 8.46. The van der Waals surface area contributed by atoms with Gasteiger partial charge in [-0.15, -0.1) is 0 Å². The van der Waals surface area contributed by atoms with E-state index in [2.05, 4.69) is 10.1 Å². The van der Waals surface area contributed by atoms with Gasteiger partial charge in [-0.3, -0.25) is 4.79 Å². The molecule has 2 aromatic heterocycles. The maximum atomic E-state index is 14.3. The van der Waals surface area contributed by atoms with Gasteiger partial charge in [0, 0.05) is 10.9 Å². The van der Waals surface area contributed by atoms with Crippen molar-refractivity contribution in [2.45, 2.75) is 37.7 Å². The lowest BCUT2D eigenvalue weighted by Gasteiger charge is -2.27. The van der Waals surface area contributed by atoms with Crippen molar-refractivity contribution in [3.63, 3.8) is 0 Å². The van der Waals surface area contributed by atoms with Crippen molar-refractivity contribution in [3.8, 4) is 11.5 Å². The first-order valence-corrected chi connectivity index (χ1v) is 9.41. The fourth-order valence-electron chi connectivity index (χ4n) is 3.50. The van der Waals surface area contributed by atoms with Gasteiger partial charge in [-0.1, -0.05) is 36.2 Å². The van der Waals surface area contributed by atoms with Gasteiger partial charge in [-0.2, -0.15) is 16.3 Å². The summed E-state index contributed by atoms with van der Waals surface area (Å²) in [6.07, 6.45) is 2.90. The first-order chi connectivity index (χ1) is 12.7. The summed E-state index contributed by atoms with van der Waals surface area (Å²) in [7, 11) is 0. The van der Waals surface area contributed by atoms with Crippen LogP contribution >= 0.6 is 11.3 Å². The van der Waals surface area contributed by atoms with Crippen LogP contribution < -0.4 is 0 Å². The maximum Gasteiger partial charge on any atom is 0.317 e. The molecule has 0 bridgehead atoms. The third kappa shape index (κ3) is 3.03. The number of carbonyl (C=O) groups is 1. The minimum atomic E-state index is -0.925. The molecule has 0 saturated heterocycles. The number of hydrogen-bond donors (Lipinski definition) is 0. The lowest BCUT2D eigenvalue weighted by molar-refractivity contribution is -0.152. The Kier molecular flexibility index (Phi) is 4.55. The van der Waals surface area contributed by atoms with Gasteiger partial charge in [0.05, 0.1) is 11.0 Å². The van der Waals surface area contributed by atoms with Gasteiger partial charge in [-0.25, -0.2) is 4.39 Å². The molecule has 0 atom stereocenters. The highest BCUT2D eigenvalue weighted by molar-refractivity contribution is 7.08. The number of ether oxygens (including phenoxy) is 1. The second-order valence-corrected chi connectivity index (χ2v) is 7.15. The normalized spacial score (nSPS) is 15.9. The molecule has 2 heterocycles. The molecule has 0 radical (unpaired) electrons. The topological polar surface area (TPSA) is 65.2 Å². The highest BCUT2D eigenvalue weighted by Gasteiger charge is 2.45. The average Bonchev–Trinajstić information content (AvgIpc) is 3.41. The van der Waals surface area contributed by atoms with Crippen LogP contribution in [0.25, 0.3) is 11.5 Å². The highest BCUT2D eigenvalue weighted by Crippen LogP contribution is 2.43. The molecule has 0 N–H and O–H groups in total. The van der Waals surface area contributed by atoms with Gasteiger partial charge < -0.3 is 9.26 Å². The number of benzene rings is 1. The Morgan fingerprint density at radius 1 is 1.27 bits per heavy atom. The Balaban J connectivity index is 1.51. The van der Waals surface area contributed by atoms with E-state index in [1.54, 1.807) is 18.2 Å². The van der Waals surface area contributed by atoms with Crippen LogP contribution in [0.1, 0.15) is 37.1 Å². The molecule has 0 unspecified atom stereocenters. The van der Waals surface area contributed by atoms with E-state index < -0.39 is 11.4 Å². The van der Waals surface area contributed by atoms with Crippen molar-refractivity contribution in [1.29, 1.82) is 0 Å². The molecule has 0 spiro atoms. The van der Waals surface area contributed by atoms with E-state index in [-0.39, 0.29) is 12.4 Å². The van der Waals surface area contributed by atoms with Crippen LogP contribution in [0.4, 0.5) is 4.39 Å². The van der Waals surface area contributed by atoms with Gasteiger partial charge in [0.2, 0.25) is 5.82 Å². The lowest BCUT2D eigenvalue weighted by atomic mass is 9.78. The summed E-state index contributed by atoms with van der Waals surface area (Å²) in [5.41, 5.74) is 0.318. The van der Waals surface area contributed by atoms with Crippen LogP contribution in [0.3, 0.4) is 0 Å². The molecular weight excluding hydrogens is 355 g/mol. The zero-order valence-electron chi connectivity index (χ0n) is 14.0. The number of rotatable bonds is 5. The van der Waals surface area contributed by atoms with Gasteiger partial charge in [0.1, 0.15) is 5.82 Å². The largest absolute Gasteiger partial charge is 0.457 e. The molecule has 1 aliphatic rings. The second-order valence-electron chi connectivity index (χ2n) is 6.37. The zero-order valence-corrected chi connectivity index (χ0v) is 14.8. The Hall–Kier alpha value is -2.54. The Morgan fingerprint density at radius 3 is 2.81 bits per heavy atom. The molecule has 0 amide bonds. The predicted octanol–water partition coefficient (Wildman–Crippen LogP) is 4.49. The summed E-state index contributed by atoms with van der Waals surface area (Å²) in [6.45, 7) is -0.0946. The van der Waals surface area contributed by atoms with Crippen LogP contribution in [0.15, 0.2) is 45.6 Å². The number of thiophene rings is 1. The molecule has 1 aliphatic carbocycles. The number of halogens is 1. The fraction of sp³-hybridized carbons (Fsp3) is 0.316. The van der Waals surface area contributed by atoms with E-state index >= 15 is 0 Å². The van der Waals surface area contributed by atoms with Crippen molar-refractivity contribution < 1.29 is 18.4 Å². The van der Waals surface area contributed by atoms with Crippen molar-refractivity contribution in [2.24, 2.45) is 0 Å². The predicted molar refractivity (Wildman–Crippen MR) is 94.0 cm³/mol. The van der Waals surface area contributed by atoms with E-state index in [0.717, 1.165) is 18.4 Å². The average molecular weight is 372 g/mol. The van der Waals surface area contributed by atoms with Crippen molar-refractivity contribution >= 4 is 17.3 Å². The summed E-state index contributed by atoms with van der Waals surface area (Å²) < 4.78 is 25.0. The Bertz CT molecular complexity index is 901. The maximum absolute atomic E-state index is 14.3. The van der Waals surface area contributed by atoms with Gasteiger partial charge in [-0.05, 0) is 30.4 Å². The molecule has 7 heteroatoms. The van der Waals surface area contributed by atoms with Crippen LogP contribution in [0.5, 0.6) is 0 Å². The second kappa shape index (κ2) is 6.99. The number of esters is 1. The molecule has 5 nitrogen and oxygen atoms in total. The molecule has 134 valence electrons. The molecular formula is C19H17FN2O3S. The Labute approximate surface area is 153 Å². The summed E-state index contributed by atoms with van der Waals surface area (Å²) in [6, 6.07) is 8.30. The van der Waals surface area contributed by atoms with Crippen molar-refractivity contribution in [3.05, 3.63) is 58.3 Å². The molecule has 4 rings (SSSR count). The lowest BCUT2D eigenvalue weighted by Crippen LogP contribution is -2.35. The summed E-state index contributed by atoms with van der Waals surface area (Å²) >= 11 is 1.53. The van der Waals surface area contributed by atoms with E-state index in [0.29, 0.717) is 30.1 Å². The van der Waals surface area contributed by atoms with E-state index in [1.165, 1.54) is 17.4 Å². The molecule has 3 aromatic rings.